The van der Waals surface area contributed by atoms with Crippen molar-refractivity contribution in [2.24, 2.45) is 5.73 Å². The van der Waals surface area contributed by atoms with Crippen molar-refractivity contribution < 1.29 is 19.2 Å². The molecule has 1 aromatic carbocycles. The second-order valence-electron chi connectivity index (χ2n) is 6.40. The fourth-order valence-electron chi connectivity index (χ4n) is 2.87. The second-order valence-corrected chi connectivity index (χ2v) is 6.40. The quantitative estimate of drug-likeness (QED) is 0.740. The van der Waals surface area contributed by atoms with Crippen molar-refractivity contribution in [1.82, 2.24) is 10.2 Å². The number of benzene rings is 1. The van der Waals surface area contributed by atoms with E-state index >= 15 is 0 Å². The Labute approximate surface area is 152 Å². The Bertz CT molecular complexity index is 702. The number of amides is 4. The molecule has 0 unspecified atom stereocenters. The van der Waals surface area contributed by atoms with Crippen LogP contribution in [0.1, 0.15) is 25.3 Å². The van der Waals surface area contributed by atoms with Crippen LogP contribution in [0.4, 0.5) is 5.69 Å². The summed E-state index contributed by atoms with van der Waals surface area (Å²) in [6.07, 6.45) is 0.0913. The lowest BCUT2D eigenvalue weighted by Crippen LogP contribution is -2.57. The smallest absolute Gasteiger partial charge is 0.246 e. The van der Waals surface area contributed by atoms with Crippen molar-refractivity contribution in [2.75, 3.05) is 24.5 Å². The van der Waals surface area contributed by atoms with Crippen LogP contribution in [0.15, 0.2) is 24.3 Å². The molecule has 1 aliphatic rings. The summed E-state index contributed by atoms with van der Waals surface area (Å²) in [5, 5.41) is 2.53. The van der Waals surface area contributed by atoms with Gasteiger partial charge in [-0.05, 0) is 25.5 Å². The molecular formula is C18H24N4O4. The molecule has 8 nitrogen and oxygen atoms in total. The normalized spacial score (nSPS) is 15.5. The molecule has 2 rings (SSSR count). The largest absolute Gasteiger partial charge is 0.370 e. The Morgan fingerprint density at radius 1 is 1.19 bits per heavy atom. The van der Waals surface area contributed by atoms with Crippen LogP contribution in [-0.4, -0.2) is 54.2 Å². The summed E-state index contributed by atoms with van der Waals surface area (Å²) in [6.45, 7) is 3.92. The molecule has 3 N–H and O–H groups in total. The number of aryl methyl sites for hydroxylation is 1. The Morgan fingerprint density at radius 2 is 1.85 bits per heavy atom. The number of piperazine rings is 1. The molecule has 1 saturated heterocycles. The maximum absolute atomic E-state index is 12.7. The maximum Gasteiger partial charge on any atom is 0.246 e. The van der Waals surface area contributed by atoms with Gasteiger partial charge in [0, 0.05) is 32.1 Å². The molecule has 0 bridgehead atoms. The Balaban J connectivity index is 2.03. The molecule has 0 aliphatic carbocycles. The fourth-order valence-corrected chi connectivity index (χ4v) is 2.87. The van der Waals surface area contributed by atoms with E-state index in [1.807, 2.05) is 31.2 Å². The van der Waals surface area contributed by atoms with Gasteiger partial charge < -0.3 is 20.9 Å². The molecule has 26 heavy (non-hydrogen) atoms. The average molecular weight is 360 g/mol. The SMILES string of the molecule is CC(=O)N[C@@H](CCC(N)=O)C(=O)N1CCN(c2ccc(C)cc2)C(=O)C1. The van der Waals surface area contributed by atoms with E-state index in [-0.39, 0.29) is 37.1 Å². The first kappa shape index (κ1) is 19.4. The average Bonchev–Trinajstić information content (AvgIpc) is 2.58. The molecule has 0 radical (unpaired) electrons. The van der Waals surface area contributed by atoms with E-state index in [0.717, 1.165) is 11.3 Å². The first-order valence-corrected chi connectivity index (χ1v) is 8.49. The number of rotatable bonds is 6. The van der Waals surface area contributed by atoms with Crippen LogP contribution in [0.25, 0.3) is 0 Å². The lowest BCUT2D eigenvalue weighted by atomic mass is 10.1. The van der Waals surface area contributed by atoms with E-state index in [4.69, 9.17) is 5.73 Å². The summed E-state index contributed by atoms with van der Waals surface area (Å²) in [5.41, 5.74) is 7.02. The topological polar surface area (TPSA) is 113 Å². The van der Waals surface area contributed by atoms with Crippen molar-refractivity contribution in [3.8, 4) is 0 Å². The van der Waals surface area contributed by atoms with Gasteiger partial charge >= 0.3 is 0 Å². The summed E-state index contributed by atoms with van der Waals surface area (Å²) in [4.78, 5) is 50.5. The summed E-state index contributed by atoms with van der Waals surface area (Å²) in [7, 11) is 0. The van der Waals surface area contributed by atoms with Crippen molar-refractivity contribution in [1.29, 1.82) is 0 Å². The minimum absolute atomic E-state index is 0.0199. The number of nitrogens with two attached hydrogens (primary N) is 1. The lowest BCUT2D eigenvalue weighted by Gasteiger charge is -2.36. The van der Waals surface area contributed by atoms with Gasteiger partial charge in [-0.1, -0.05) is 17.7 Å². The van der Waals surface area contributed by atoms with E-state index < -0.39 is 11.9 Å². The molecule has 0 saturated carbocycles. The predicted octanol–water partition coefficient (Wildman–Crippen LogP) is -0.0596. The van der Waals surface area contributed by atoms with Gasteiger partial charge in [-0.2, -0.15) is 0 Å². The van der Waals surface area contributed by atoms with Crippen LogP contribution < -0.4 is 16.0 Å². The molecule has 1 aliphatic heterocycles. The van der Waals surface area contributed by atoms with Crippen molar-refractivity contribution >= 4 is 29.3 Å². The third-order valence-electron chi connectivity index (χ3n) is 4.23. The molecule has 0 spiro atoms. The fraction of sp³-hybridized carbons (Fsp3) is 0.444. The van der Waals surface area contributed by atoms with E-state index in [9.17, 15) is 19.2 Å². The Morgan fingerprint density at radius 3 is 2.38 bits per heavy atom. The van der Waals surface area contributed by atoms with E-state index in [1.54, 1.807) is 4.90 Å². The zero-order valence-electron chi connectivity index (χ0n) is 15.0. The van der Waals surface area contributed by atoms with Crippen LogP contribution in [0.3, 0.4) is 0 Å². The zero-order valence-corrected chi connectivity index (χ0v) is 15.0. The first-order valence-electron chi connectivity index (χ1n) is 8.49. The zero-order chi connectivity index (χ0) is 19.3. The molecule has 140 valence electrons. The highest BCUT2D eigenvalue weighted by molar-refractivity contribution is 5.99. The van der Waals surface area contributed by atoms with E-state index in [2.05, 4.69) is 5.32 Å². The monoisotopic (exact) mass is 360 g/mol. The maximum atomic E-state index is 12.7. The highest BCUT2D eigenvalue weighted by Gasteiger charge is 2.32. The Kier molecular flexibility index (Phi) is 6.32. The summed E-state index contributed by atoms with van der Waals surface area (Å²) in [5.74, 6) is -1.49. The number of carbonyl (C=O) groups is 4. The van der Waals surface area contributed by atoms with E-state index in [0.29, 0.717) is 13.1 Å². The molecule has 8 heteroatoms. The van der Waals surface area contributed by atoms with Crippen molar-refractivity contribution in [3.05, 3.63) is 29.8 Å². The number of primary amides is 1. The third-order valence-corrected chi connectivity index (χ3v) is 4.23. The summed E-state index contributed by atoms with van der Waals surface area (Å²) >= 11 is 0. The lowest BCUT2D eigenvalue weighted by molar-refractivity contribution is -0.140. The van der Waals surface area contributed by atoms with Crippen molar-refractivity contribution in [3.63, 3.8) is 0 Å². The van der Waals surface area contributed by atoms with Gasteiger partial charge in [0.15, 0.2) is 0 Å². The van der Waals surface area contributed by atoms with Crippen molar-refractivity contribution in [2.45, 2.75) is 32.7 Å². The number of hydrogen-bond acceptors (Lipinski definition) is 4. The predicted molar refractivity (Wildman–Crippen MR) is 96.1 cm³/mol. The van der Waals surface area contributed by atoms with Gasteiger partial charge in [-0.25, -0.2) is 0 Å². The van der Waals surface area contributed by atoms with Crippen LogP contribution in [-0.2, 0) is 19.2 Å². The number of nitrogens with one attached hydrogen (secondary N) is 1. The molecule has 0 aromatic heterocycles. The van der Waals surface area contributed by atoms with Gasteiger partial charge in [0.2, 0.25) is 23.6 Å². The number of carbonyl (C=O) groups excluding carboxylic acids is 4. The first-order chi connectivity index (χ1) is 12.3. The van der Waals surface area contributed by atoms with Crippen LogP contribution in [0, 0.1) is 6.92 Å². The van der Waals surface area contributed by atoms with Crippen LogP contribution in [0.2, 0.25) is 0 Å². The molecule has 1 aromatic rings. The van der Waals surface area contributed by atoms with Gasteiger partial charge in [0.25, 0.3) is 0 Å². The van der Waals surface area contributed by atoms with Gasteiger partial charge in [0.1, 0.15) is 12.6 Å². The van der Waals surface area contributed by atoms with Crippen LogP contribution >= 0.6 is 0 Å². The third kappa shape index (κ3) is 5.05. The van der Waals surface area contributed by atoms with Gasteiger partial charge in [-0.15, -0.1) is 0 Å². The molecular weight excluding hydrogens is 336 g/mol. The number of nitrogens with zero attached hydrogens (tertiary/aromatic N) is 2. The van der Waals surface area contributed by atoms with Gasteiger partial charge in [0.05, 0.1) is 0 Å². The highest BCUT2D eigenvalue weighted by Crippen LogP contribution is 2.18. The highest BCUT2D eigenvalue weighted by atomic mass is 16.2. The van der Waals surface area contributed by atoms with Crippen LogP contribution in [0.5, 0.6) is 0 Å². The summed E-state index contributed by atoms with van der Waals surface area (Å²) in [6, 6.07) is 6.74. The van der Waals surface area contributed by atoms with Gasteiger partial charge in [-0.3, -0.25) is 19.2 Å². The minimum Gasteiger partial charge on any atom is -0.370 e. The Hall–Kier alpha value is -2.90. The minimum atomic E-state index is -0.862. The number of anilines is 1. The molecule has 1 heterocycles. The number of hydrogen-bond donors (Lipinski definition) is 2. The standard InChI is InChI=1S/C18H24N4O4/c1-12-3-5-14(6-4-12)22-10-9-21(11-17(22)25)18(26)15(20-13(2)23)7-8-16(19)24/h3-6,15H,7-11H2,1-2H3,(H2,19,24)(H,20,23)/t15-/m0/s1. The summed E-state index contributed by atoms with van der Waals surface area (Å²) < 4.78 is 0. The van der Waals surface area contributed by atoms with E-state index in [1.165, 1.54) is 11.8 Å². The molecule has 1 fully saturated rings. The molecule has 1 atom stereocenters. The molecule has 4 amide bonds. The second kappa shape index (κ2) is 8.46.